The molecule has 132 valence electrons. The van der Waals surface area contributed by atoms with Gasteiger partial charge in [0, 0.05) is 37.5 Å². The van der Waals surface area contributed by atoms with Gasteiger partial charge in [-0.25, -0.2) is 19.9 Å². The molecular formula is C18H24N6O. The van der Waals surface area contributed by atoms with Crippen LogP contribution in [0.5, 0.6) is 5.88 Å². The number of rotatable bonds is 4. The van der Waals surface area contributed by atoms with E-state index in [1.165, 1.54) is 12.8 Å². The van der Waals surface area contributed by atoms with Gasteiger partial charge in [-0.3, -0.25) is 0 Å². The molecule has 0 radical (unpaired) electrons. The first-order valence-electron chi connectivity index (χ1n) is 8.97. The Morgan fingerprint density at radius 1 is 1.04 bits per heavy atom. The number of aryl methyl sites for hydroxylation is 1. The number of fused-ring (bicyclic) bond motifs is 1. The van der Waals surface area contributed by atoms with Crippen molar-refractivity contribution in [3.8, 4) is 5.88 Å². The highest BCUT2D eigenvalue weighted by Gasteiger charge is 2.39. The second-order valence-corrected chi connectivity index (χ2v) is 6.68. The quantitative estimate of drug-likeness (QED) is 0.842. The highest BCUT2D eigenvalue weighted by molar-refractivity contribution is 5.47. The minimum atomic E-state index is 0.467. The Labute approximate surface area is 148 Å². The first-order chi connectivity index (χ1) is 12.3. The van der Waals surface area contributed by atoms with Crippen molar-refractivity contribution in [2.24, 2.45) is 5.92 Å². The predicted octanol–water partition coefficient (Wildman–Crippen LogP) is 1.94. The lowest BCUT2D eigenvalue weighted by atomic mass is 9.92. The smallest absolute Gasteiger partial charge is 0.218 e. The Morgan fingerprint density at radius 3 is 2.68 bits per heavy atom. The fourth-order valence-electron chi connectivity index (χ4n) is 3.98. The fraction of sp³-hybridized carbons (Fsp3) is 0.556. The summed E-state index contributed by atoms with van der Waals surface area (Å²) in [5, 5.41) is 0. The normalized spacial score (nSPS) is 22.8. The molecule has 7 nitrogen and oxygen atoms in total. The number of piperidine rings is 1. The van der Waals surface area contributed by atoms with Gasteiger partial charge in [-0.2, -0.15) is 0 Å². The standard InChI is InChI=1S/C18H24N6O/c1-3-14-8-17(21-11-19-14)24-7-5-13-4-6-23(10-15(13)24)16-9-18(25-2)22-12-20-16/h8-9,11-13,15H,3-7,10H2,1-2H3. The lowest BCUT2D eigenvalue weighted by Crippen LogP contribution is -2.48. The van der Waals surface area contributed by atoms with Crippen molar-refractivity contribution in [3.05, 3.63) is 30.5 Å². The Kier molecular flexibility index (Phi) is 4.38. The Balaban J connectivity index is 1.56. The summed E-state index contributed by atoms with van der Waals surface area (Å²) in [6.07, 6.45) is 6.61. The highest BCUT2D eigenvalue weighted by atomic mass is 16.5. The SMILES string of the molecule is CCc1cc(N2CCC3CCN(c4cc(OC)ncn4)CC32)ncn1. The molecule has 0 N–H and O–H groups in total. The van der Waals surface area contributed by atoms with Gasteiger partial charge in [0.05, 0.1) is 13.2 Å². The van der Waals surface area contributed by atoms with Crippen molar-refractivity contribution < 1.29 is 4.74 Å². The second-order valence-electron chi connectivity index (χ2n) is 6.68. The van der Waals surface area contributed by atoms with Crippen molar-refractivity contribution in [1.82, 2.24) is 19.9 Å². The Bertz CT molecular complexity index is 739. The summed E-state index contributed by atoms with van der Waals surface area (Å²) in [6.45, 7) is 5.18. The van der Waals surface area contributed by atoms with Crippen LogP contribution in [0.15, 0.2) is 24.8 Å². The molecule has 2 aliphatic rings. The molecule has 2 fully saturated rings. The van der Waals surface area contributed by atoms with E-state index in [4.69, 9.17) is 4.74 Å². The second kappa shape index (κ2) is 6.82. The summed E-state index contributed by atoms with van der Waals surface area (Å²) in [7, 11) is 1.64. The van der Waals surface area contributed by atoms with E-state index in [0.29, 0.717) is 11.9 Å². The molecule has 4 heterocycles. The van der Waals surface area contributed by atoms with Gasteiger partial charge < -0.3 is 14.5 Å². The van der Waals surface area contributed by atoms with E-state index in [2.05, 4.69) is 42.7 Å². The van der Waals surface area contributed by atoms with E-state index in [9.17, 15) is 0 Å². The average molecular weight is 340 g/mol. The number of aromatic nitrogens is 4. The van der Waals surface area contributed by atoms with E-state index >= 15 is 0 Å². The Morgan fingerprint density at radius 2 is 1.84 bits per heavy atom. The largest absolute Gasteiger partial charge is 0.481 e. The lowest BCUT2D eigenvalue weighted by molar-refractivity contribution is 0.383. The molecule has 0 saturated carbocycles. The van der Waals surface area contributed by atoms with Gasteiger partial charge in [0.1, 0.15) is 24.3 Å². The number of hydrogen-bond donors (Lipinski definition) is 0. The molecule has 2 atom stereocenters. The molecule has 2 aliphatic heterocycles. The maximum Gasteiger partial charge on any atom is 0.218 e. The van der Waals surface area contributed by atoms with Crippen LogP contribution in [0, 0.1) is 5.92 Å². The zero-order valence-electron chi connectivity index (χ0n) is 14.8. The molecule has 0 bridgehead atoms. The number of ether oxygens (including phenoxy) is 1. The van der Waals surface area contributed by atoms with Crippen LogP contribution in [0.3, 0.4) is 0 Å². The van der Waals surface area contributed by atoms with Gasteiger partial charge in [-0.1, -0.05) is 6.92 Å². The summed E-state index contributed by atoms with van der Waals surface area (Å²) in [5.41, 5.74) is 1.10. The zero-order chi connectivity index (χ0) is 17.2. The Hall–Kier alpha value is -2.44. The third-order valence-electron chi connectivity index (χ3n) is 5.39. The summed E-state index contributed by atoms with van der Waals surface area (Å²) in [5.74, 6) is 3.33. The minimum Gasteiger partial charge on any atom is -0.481 e. The molecule has 0 amide bonds. The topological polar surface area (TPSA) is 67.3 Å². The summed E-state index contributed by atoms with van der Waals surface area (Å²) in [4.78, 5) is 22.2. The summed E-state index contributed by atoms with van der Waals surface area (Å²) >= 11 is 0. The molecule has 0 aliphatic carbocycles. The van der Waals surface area contributed by atoms with Gasteiger partial charge in [0.2, 0.25) is 5.88 Å². The van der Waals surface area contributed by atoms with Crippen molar-refractivity contribution in [3.63, 3.8) is 0 Å². The van der Waals surface area contributed by atoms with Gasteiger partial charge in [0.25, 0.3) is 0 Å². The first-order valence-corrected chi connectivity index (χ1v) is 8.97. The number of hydrogen-bond acceptors (Lipinski definition) is 7. The number of methoxy groups -OCH3 is 1. The van der Waals surface area contributed by atoms with Crippen LogP contribution in [0.1, 0.15) is 25.5 Å². The average Bonchev–Trinajstić information content (AvgIpc) is 3.11. The monoisotopic (exact) mass is 340 g/mol. The van der Waals surface area contributed by atoms with E-state index in [1.807, 2.05) is 6.07 Å². The molecular weight excluding hydrogens is 316 g/mol. The molecule has 2 aromatic rings. The van der Waals surface area contributed by atoms with Crippen molar-refractivity contribution in [2.45, 2.75) is 32.2 Å². The van der Waals surface area contributed by atoms with Crippen LogP contribution < -0.4 is 14.5 Å². The molecule has 2 unspecified atom stereocenters. The van der Waals surface area contributed by atoms with Crippen molar-refractivity contribution in [1.29, 1.82) is 0 Å². The summed E-state index contributed by atoms with van der Waals surface area (Å²) in [6, 6.07) is 4.52. The van der Waals surface area contributed by atoms with Crippen LogP contribution in [-0.4, -0.2) is 52.7 Å². The van der Waals surface area contributed by atoms with Gasteiger partial charge in [-0.15, -0.1) is 0 Å². The molecule has 4 rings (SSSR count). The molecule has 2 saturated heterocycles. The van der Waals surface area contributed by atoms with Gasteiger partial charge in [-0.05, 0) is 25.2 Å². The van der Waals surface area contributed by atoms with Crippen LogP contribution in [-0.2, 0) is 6.42 Å². The third-order valence-corrected chi connectivity index (χ3v) is 5.39. The van der Waals surface area contributed by atoms with E-state index in [-0.39, 0.29) is 0 Å². The van der Waals surface area contributed by atoms with Gasteiger partial charge >= 0.3 is 0 Å². The molecule has 2 aromatic heterocycles. The van der Waals surface area contributed by atoms with Crippen LogP contribution in [0.2, 0.25) is 0 Å². The summed E-state index contributed by atoms with van der Waals surface area (Å²) < 4.78 is 5.24. The van der Waals surface area contributed by atoms with E-state index in [0.717, 1.165) is 49.3 Å². The minimum absolute atomic E-state index is 0.467. The lowest BCUT2D eigenvalue weighted by Gasteiger charge is -2.39. The maximum atomic E-state index is 5.24. The van der Waals surface area contributed by atoms with E-state index in [1.54, 1.807) is 19.8 Å². The predicted molar refractivity (Wildman–Crippen MR) is 96.1 cm³/mol. The van der Waals surface area contributed by atoms with Crippen LogP contribution in [0.4, 0.5) is 11.6 Å². The number of anilines is 2. The van der Waals surface area contributed by atoms with Crippen molar-refractivity contribution >= 4 is 11.6 Å². The fourth-order valence-corrected chi connectivity index (χ4v) is 3.98. The number of nitrogens with zero attached hydrogens (tertiary/aromatic N) is 6. The van der Waals surface area contributed by atoms with Crippen LogP contribution >= 0.6 is 0 Å². The van der Waals surface area contributed by atoms with Crippen molar-refractivity contribution in [2.75, 3.05) is 36.5 Å². The molecule has 0 aromatic carbocycles. The zero-order valence-corrected chi connectivity index (χ0v) is 14.8. The van der Waals surface area contributed by atoms with Gasteiger partial charge in [0.15, 0.2) is 0 Å². The molecule has 25 heavy (non-hydrogen) atoms. The van der Waals surface area contributed by atoms with Crippen LogP contribution in [0.25, 0.3) is 0 Å². The first kappa shape index (κ1) is 16.1. The third kappa shape index (κ3) is 3.10. The molecule has 7 heteroatoms. The molecule has 0 spiro atoms. The maximum absolute atomic E-state index is 5.24. The van der Waals surface area contributed by atoms with E-state index < -0.39 is 0 Å². The highest BCUT2D eigenvalue weighted by Crippen LogP contribution is 2.35.